The van der Waals surface area contributed by atoms with Crippen molar-refractivity contribution >= 4 is 22.3 Å². The van der Waals surface area contributed by atoms with Gasteiger partial charge in [0.05, 0.1) is 32.0 Å². The topological polar surface area (TPSA) is 384 Å². The zero-order valence-corrected chi connectivity index (χ0v) is 51.8. The molecule has 9 aliphatic rings. The average molecular weight is 1220 g/mol. The number of fused-ring (bicyclic) bond motifs is 4. The summed E-state index contributed by atoms with van der Waals surface area (Å²) in [5.41, 5.74) is -4.61. The number of ether oxygens (including phenoxy) is 11. The van der Waals surface area contributed by atoms with Gasteiger partial charge in [0.1, 0.15) is 96.5 Å². The Hall–Kier alpha value is -1.43. The Morgan fingerprint density at radius 3 is 2.06 bits per heavy atom. The fourth-order valence-electron chi connectivity index (χ4n) is 16.3. The first-order chi connectivity index (χ1) is 38.2. The number of rotatable bonds is 16. The minimum Gasteiger partial charge on any atom is -0.726 e. The summed E-state index contributed by atoms with van der Waals surface area (Å²) >= 11 is 0. The van der Waals surface area contributed by atoms with E-state index in [9.17, 15) is 68.5 Å². The summed E-state index contributed by atoms with van der Waals surface area (Å²) in [6.45, 7) is 14.8. The van der Waals surface area contributed by atoms with E-state index in [2.05, 4.69) is 17.2 Å². The first kappa shape index (κ1) is 67.5. The molecule has 3 saturated carbocycles. The normalized spacial score (nSPS) is 49.4. The summed E-state index contributed by atoms with van der Waals surface area (Å²) < 4.78 is 106. The number of carbonyl (C=O) groups is 2. The molecular weight excluding hydrogens is 1130 g/mol. The van der Waals surface area contributed by atoms with Crippen molar-refractivity contribution in [3.05, 3.63) is 23.3 Å². The summed E-state index contributed by atoms with van der Waals surface area (Å²) in [6.07, 6.45) is -23.7. The van der Waals surface area contributed by atoms with Gasteiger partial charge in [0.2, 0.25) is 10.4 Å². The van der Waals surface area contributed by atoms with Gasteiger partial charge in [-0.3, -0.25) is 13.8 Å². The van der Waals surface area contributed by atoms with Crippen LogP contribution in [0.1, 0.15) is 114 Å². The molecule has 468 valence electrons. The molecule has 0 bridgehead atoms. The second kappa shape index (κ2) is 24.7. The molecule has 5 saturated heterocycles. The standard InChI is InChI=1S/C55H86O26S.Na/c1-24(2)12-11-17-53(9)55(66)34(74-26(4)57)20-52(8)28-13-14-32-50(5,6)33(16-18-51(32,7)27(28)15-19-54(52,55)49(65)80-53)76-48-44(36(60)31(23-72-48)81-82(67,68)69)79-46-38(62)37(61)41(25(3)73-46)77-45-39(63)42(29(58)22-71-45)78-47-40(64)43(70-10)35(59)30(21-56)75-47;/h12-13,25,27,29-48,56,58-64,66H,11,14-23H2,1-10H3,(H,67,68,69);/q;+1/p-1/t25-,27+,29-,30-,31-,32+,33+,34+,35-,36+,37-,38-,39-,40-,41-,42+,43+,44-,45+,46+,47+,48+,51-,52+,53+,54-,55+;/m1./s1. The van der Waals surface area contributed by atoms with E-state index in [0.717, 1.165) is 11.1 Å². The first-order valence-electron chi connectivity index (χ1n) is 28.4. The van der Waals surface area contributed by atoms with Crippen molar-refractivity contribution in [1.29, 1.82) is 0 Å². The Kier molecular flexibility index (Phi) is 20.1. The number of aliphatic hydroxyl groups is 9. The third kappa shape index (κ3) is 11.4. The Labute approximate surface area is 505 Å². The molecule has 1 spiro atoms. The molecule has 83 heavy (non-hydrogen) atoms. The van der Waals surface area contributed by atoms with E-state index in [-0.39, 0.29) is 54.2 Å². The molecular formula is C55H85NaO26S. The molecule has 0 aromatic carbocycles. The van der Waals surface area contributed by atoms with E-state index in [1.165, 1.54) is 21.0 Å². The van der Waals surface area contributed by atoms with Gasteiger partial charge in [0.15, 0.2) is 30.8 Å². The molecule has 4 aliphatic carbocycles. The van der Waals surface area contributed by atoms with E-state index in [1.54, 1.807) is 6.92 Å². The number of hydrogen-bond donors (Lipinski definition) is 9. The summed E-state index contributed by atoms with van der Waals surface area (Å²) in [5, 5.41) is 102. The molecule has 0 aromatic heterocycles. The predicted octanol–water partition coefficient (Wildman–Crippen LogP) is -3.60. The van der Waals surface area contributed by atoms with Crippen LogP contribution in [0.3, 0.4) is 0 Å². The van der Waals surface area contributed by atoms with Crippen molar-refractivity contribution in [2.45, 2.75) is 248 Å². The SMILES string of the molecule is CO[C@@H]1[C@@H](O)[C@H](O[C@@H]2[C@@H](O)[C@H](O[C@H]3[C@H](O)[C@@H](O)[C@H](O[C@H]4[C@H](O[C@H]5CC[C@]6(C)[C@H]7CC[C@]89C(=O)O[C@@](C)(CCC=C(C)C)[C@@]8(O)[C@@H](OC(C)=O)C[C@@]9(C)C7=CC[C@H]6C5(C)C)OC[C@@H](OS(=O)(=O)[O-])[C@@H]4O)O[C@@H]3C)OC[C@H]2O)O[C@H](CO)[C@H]1O.[Na+]. The zero-order valence-electron chi connectivity index (χ0n) is 49.0. The number of carbonyl (C=O) groups excluding carboxylic acids is 2. The Balaban J connectivity index is 0.00000900. The number of methoxy groups -OCH3 is 1. The van der Waals surface area contributed by atoms with Gasteiger partial charge in [0.25, 0.3) is 0 Å². The van der Waals surface area contributed by atoms with Gasteiger partial charge in [-0.05, 0) is 102 Å². The molecule has 5 aliphatic heterocycles. The van der Waals surface area contributed by atoms with Crippen LogP contribution in [-0.2, 0) is 76.3 Å². The minimum absolute atomic E-state index is 0. The van der Waals surface area contributed by atoms with Gasteiger partial charge in [-0.15, -0.1) is 0 Å². The first-order valence-corrected chi connectivity index (χ1v) is 29.8. The second-order valence-corrected chi connectivity index (χ2v) is 26.7. The largest absolute Gasteiger partial charge is 1.00 e. The monoisotopic (exact) mass is 1220 g/mol. The molecule has 9 N–H and O–H groups in total. The van der Waals surface area contributed by atoms with Crippen molar-refractivity contribution in [3.8, 4) is 0 Å². The fraction of sp³-hybridized carbons (Fsp3) is 0.891. The molecule has 0 unspecified atom stereocenters. The number of esters is 2. The second-order valence-electron chi connectivity index (χ2n) is 25.7. The van der Waals surface area contributed by atoms with Crippen LogP contribution < -0.4 is 29.6 Å². The van der Waals surface area contributed by atoms with Crippen LogP contribution in [0.5, 0.6) is 0 Å². The Morgan fingerprint density at radius 1 is 0.783 bits per heavy atom. The van der Waals surface area contributed by atoms with Crippen molar-refractivity contribution < 1.29 is 154 Å². The van der Waals surface area contributed by atoms with Crippen LogP contribution in [0.15, 0.2) is 23.3 Å². The van der Waals surface area contributed by atoms with E-state index >= 15 is 0 Å². The molecule has 26 nitrogen and oxygen atoms in total. The Bertz CT molecular complexity index is 2520. The predicted molar refractivity (Wildman–Crippen MR) is 275 cm³/mol. The molecule has 0 radical (unpaired) electrons. The molecule has 27 atom stereocenters. The number of hydrogen-bond acceptors (Lipinski definition) is 26. The minimum atomic E-state index is -5.43. The van der Waals surface area contributed by atoms with Crippen LogP contribution in [-0.4, -0.2) is 232 Å². The van der Waals surface area contributed by atoms with Crippen LogP contribution in [0.4, 0.5) is 0 Å². The molecule has 0 aromatic rings. The third-order valence-electron chi connectivity index (χ3n) is 20.4. The summed E-state index contributed by atoms with van der Waals surface area (Å²) in [4.78, 5) is 27.5. The average Bonchev–Trinajstić information content (AvgIpc) is 1.73. The number of cyclic esters (lactones) is 1. The zero-order chi connectivity index (χ0) is 60.2. The van der Waals surface area contributed by atoms with Crippen LogP contribution in [0.25, 0.3) is 0 Å². The third-order valence-corrected chi connectivity index (χ3v) is 20.9. The molecule has 5 heterocycles. The van der Waals surface area contributed by atoms with Crippen molar-refractivity contribution in [1.82, 2.24) is 0 Å². The summed E-state index contributed by atoms with van der Waals surface area (Å²) in [5.74, 6) is -1.26. The molecule has 28 heteroatoms. The Morgan fingerprint density at radius 2 is 1.42 bits per heavy atom. The van der Waals surface area contributed by atoms with Crippen LogP contribution in [0.2, 0.25) is 0 Å². The molecule has 8 fully saturated rings. The van der Waals surface area contributed by atoms with E-state index in [0.29, 0.717) is 38.5 Å². The fourth-order valence-corrected chi connectivity index (χ4v) is 16.7. The van der Waals surface area contributed by atoms with Gasteiger partial charge >= 0.3 is 41.5 Å². The maximum absolute atomic E-state index is 14.7. The van der Waals surface area contributed by atoms with Gasteiger partial charge in [-0.2, -0.15) is 0 Å². The van der Waals surface area contributed by atoms with E-state index in [1.807, 2.05) is 40.7 Å². The maximum Gasteiger partial charge on any atom is 1.00 e. The van der Waals surface area contributed by atoms with Crippen molar-refractivity contribution in [2.24, 2.45) is 33.5 Å². The number of aliphatic hydroxyl groups excluding tert-OH is 8. The molecule has 0 amide bonds. The van der Waals surface area contributed by atoms with Crippen LogP contribution >= 0.6 is 0 Å². The summed E-state index contributed by atoms with van der Waals surface area (Å²) in [7, 11) is -4.22. The van der Waals surface area contributed by atoms with Gasteiger partial charge < -0.3 is 103 Å². The smallest absolute Gasteiger partial charge is 0.726 e. The molecule has 9 rings (SSSR count). The maximum atomic E-state index is 14.7. The van der Waals surface area contributed by atoms with E-state index in [4.69, 9.17) is 52.1 Å². The van der Waals surface area contributed by atoms with Gasteiger partial charge in [-0.25, -0.2) is 8.42 Å². The number of allylic oxidation sites excluding steroid dienone is 4. The van der Waals surface area contributed by atoms with Crippen molar-refractivity contribution in [3.63, 3.8) is 0 Å². The van der Waals surface area contributed by atoms with Crippen LogP contribution in [0, 0.1) is 33.5 Å². The van der Waals surface area contributed by atoms with E-state index < -0.39 is 198 Å². The van der Waals surface area contributed by atoms with Gasteiger partial charge in [-0.1, -0.05) is 51.0 Å². The summed E-state index contributed by atoms with van der Waals surface area (Å²) in [6, 6.07) is 0. The van der Waals surface area contributed by atoms with Crippen molar-refractivity contribution in [2.75, 3.05) is 26.9 Å². The van der Waals surface area contributed by atoms with Gasteiger partial charge in [0, 0.05) is 19.4 Å². The quantitative estimate of drug-likeness (QED) is 0.0237.